The number of amides is 1. The van der Waals surface area contributed by atoms with Gasteiger partial charge in [-0.05, 0) is 26.4 Å². The molecule has 3 heterocycles. The van der Waals surface area contributed by atoms with E-state index in [1.165, 1.54) is 11.3 Å². The zero-order chi connectivity index (χ0) is 18.0. The number of hydrogen-bond acceptors (Lipinski definition) is 6. The van der Waals surface area contributed by atoms with Crippen LogP contribution in [0.25, 0.3) is 4.96 Å². The highest BCUT2D eigenvalue weighted by atomic mass is 32.1. The lowest BCUT2D eigenvalue weighted by molar-refractivity contribution is -0.129. The second-order valence-corrected chi connectivity index (χ2v) is 7.61. The molecule has 0 radical (unpaired) electrons. The van der Waals surface area contributed by atoms with Crippen molar-refractivity contribution in [3.8, 4) is 0 Å². The van der Waals surface area contributed by atoms with Crippen molar-refractivity contribution in [2.24, 2.45) is 0 Å². The van der Waals surface area contributed by atoms with Gasteiger partial charge in [0.25, 0.3) is 5.56 Å². The van der Waals surface area contributed by atoms with E-state index in [2.05, 4.69) is 14.8 Å². The molecular formula is C17H25N5O2S. The SMILES string of the molecule is Cc1csc2nc(CN3CCCN(CC(=O)N(C)C)CC3)cc(=O)n12. The fraction of sp³-hybridized carbons (Fsp3) is 0.588. The molecule has 0 atom stereocenters. The first kappa shape index (κ1) is 18.0. The van der Waals surface area contributed by atoms with Gasteiger partial charge in [-0.15, -0.1) is 11.3 Å². The number of rotatable bonds is 4. The summed E-state index contributed by atoms with van der Waals surface area (Å²) in [6.07, 6.45) is 1.01. The van der Waals surface area contributed by atoms with Gasteiger partial charge < -0.3 is 4.90 Å². The Labute approximate surface area is 151 Å². The molecule has 1 saturated heterocycles. The molecule has 0 saturated carbocycles. The van der Waals surface area contributed by atoms with Crippen molar-refractivity contribution in [2.45, 2.75) is 19.9 Å². The largest absolute Gasteiger partial charge is 0.348 e. The van der Waals surface area contributed by atoms with Crippen LogP contribution in [-0.4, -0.2) is 76.8 Å². The van der Waals surface area contributed by atoms with Crippen LogP contribution in [0.1, 0.15) is 17.8 Å². The summed E-state index contributed by atoms with van der Waals surface area (Å²) >= 11 is 1.50. The van der Waals surface area contributed by atoms with E-state index in [1.54, 1.807) is 29.5 Å². The summed E-state index contributed by atoms with van der Waals surface area (Å²) in [5, 5.41) is 1.96. The average Bonchev–Trinajstić information content (AvgIpc) is 2.79. The van der Waals surface area contributed by atoms with E-state index in [1.807, 2.05) is 12.3 Å². The standard InChI is InChI=1S/C17H25N5O2S/c1-13-12-25-17-18-14(9-15(23)22(13)17)10-20-5-4-6-21(8-7-20)11-16(24)19(2)3/h9,12H,4-8,10-11H2,1-3H3. The second kappa shape index (κ2) is 7.63. The molecule has 1 amide bonds. The van der Waals surface area contributed by atoms with Crippen LogP contribution in [0.4, 0.5) is 0 Å². The fourth-order valence-electron chi connectivity index (χ4n) is 3.08. The number of hydrogen-bond donors (Lipinski definition) is 0. The van der Waals surface area contributed by atoms with Gasteiger partial charge in [-0.25, -0.2) is 4.98 Å². The molecule has 1 aliphatic heterocycles. The average molecular weight is 363 g/mol. The second-order valence-electron chi connectivity index (χ2n) is 6.77. The van der Waals surface area contributed by atoms with Gasteiger partial charge in [0, 0.05) is 50.9 Å². The third-order valence-electron chi connectivity index (χ3n) is 4.55. The molecule has 0 aliphatic carbocycles. The molecule has 1 fully saturated rings. The van der Waals surface area contributed by atoms with E-state index in [-0.39, 0.29) is 11.5 Å². The first-order valence-corrected chi connectivity index (χ1v) is 9.43. The maximum atomic E-state index is 12.3. The van der Waals surface area contributed by atoms with Gasteiger partial charge in [-0.3, -0.25) is 23.8 Å². The van der Waals surface area contributed by atoms with Crippen molar-refractivity contribution in [3.63, 3.8) is 0 Å². The highest BCUT2D eigenvalue weighted by Crippen LogP contribution is 2.13. The molecule has 8 heteroatoms. The number of carbonyl (C=O) groups is 1. The third kappa shape index (κ3) is 4.26. The van der Waals surface area contributed by atoms with Crippen molar-refractivity contribution in [1.82, 2.24) is 24.1 Å². The van der Waals surface area contributed by atoms with Crippen molar-refractivity contribution in [2.75, 3.05) is 46.8 Å². The first-order valence-electron chi connectivity index (χ1n) is 8.55. The number of fused-ring (bicyclic) bond motifs is 1. The van der Waals surface area contributed by atoms with E-state index >= 15 is 0 Å². The number of aryl methyl sites for hydroxylation is 1. The Bertz CT molecular complexity index is 813. The van der Waals surface area contributed by atoms with Gasteiger partial charge in [-0.2, -0.15) is 0 Å². The predicted molar refractivity (Wildman–Crippen MR) is 99.1 cm³/mol. The van der Waals surface area contributed by atoms with Crippen LogP contribution in [0.2, 0.25) is 0 Å². The Morgan fingerprint density at radius 3 is 2.72 bits per heavy atom. The van der Waals surface area contributed by atoms with E-state index in [0.717, 1.165) is 48.9 Å². The minimum atomic E-state index is -0.00761. The molecule has 2 aromatic rings. The third-order valence-corrected chi connectivity index (χ3v) is 5.50. The number of aromatic nitrogens is 2. The Morgan fingerprint density at radius 1 is 1.24 bits per heavy atom. The Hall–Kier alpha value is -1.77. The Morgan fingerprint density at radius 2 is 1.96 bits per heavy atom. The fourth-order valence-corrected chi connectivity index (χ4v) is 3.98. The van der Waals surface area contributed by atoms with Crippen molar-refractivity contribution >= 4 is 22.2 Å². The Kier molecular flexibility index (Phi) is 5.51. The van der Waals surface area contributed by atoms with E-state index in [9.17, 15) is 9.59 Å². The highest BCUT2D eigenvalue weighted by molar-refractivity contribution is 7.15. The van der Waals surface area contributed by atoms with Gasteiger partial charge in [0.15, 0.2) is 4.96 Å². The van der Waals surface area contributed by atoms with Crippen LogP contribution in [-0.2, 0) is 11.3 Å². The summed E-state index contributed by atoms with van der Waals surface area (Å²) in [6.45, 7) is 6.69. The molecule has 3 rings (SSSR count). The van der Waals surface area contributed by atoms with Crippen molar-refractivity contribution < 1.29 is 4.79 Å². The summed E-state index contributed by atoms with van der Waals surface area (Å²) in [7, 11) is 3.58. The summed E-state index contributed by atoms with van der Waals surface area (Å²) in [4.78, 5) is 35.7. The molecule has 0 unspecified atom stereocenters. The lowest BCUT2D eigenvalue weighted by atomic mass is 10.3. The zero-order valence-electron chi connectivity index (χ0n) is 15.1. The maximum absolute atomic E-state index is 12.3. The van der Waals surface area contributed by atoms with Crippen LogP contribution in [0.3, 0.4) is 0 Å². The van der Waals surface area contributed by atoms with Gasteiger partial charge in [0.2, 0.25) is 5.91 Å². The Balaban J connectivity index is 1.64. The van der Waals surface area contributed by atoms with Crippen molar-refractivity contribution in [3.05, 3.63) is 33.2 Å². The van der Waals surface area contributed by atoms with Gasteiger partial charge in [-0.1, -0.05) is 0 Å². The monoisotopic (exact) mass is 363 g/mol. The van der Waals surface area contributed by atoms with Gasteiger partial charge in [0.1, 0.15) is 0 Å². The zero-order valence-corrected chi connectivity index (χ0v) is 15.9. The smallest absolute Gasteiger partial charge is 0.259 e. The quantitative estimate of drug-likeness (QED) is 0.799. The van der Waals surface area contributed by atoms with Crippen LogP contribution in [0.5, 0.6) is 0 Å². The highest BCUT2D eigenvalue weighted by Gasteiger charge is 2.18. The van der Waals surface area contributed by atoms with Crippen molar-refractivity contribution in [1.29, 1.82) is 0 Å². The molecule has 0 aromatic carbocycles. The summed E-state index contributed by atoms with van der Waals surface area (Å²) in [5.74, 6) is 0.140. The summed E-state index contributed by atoms with van der Waals surface area (Å²) in [6, 6.07) is 1.64. The van der Waals surface area contributed by atoms with Crippen LogP contribution in [0, 0.1) is 6.92 Å². The lowest BCUT2D eigenvalue weighted by Gasteiger charge is -2.22. The van der Waals surface area contributed by atoms with Crippen LogP contribution < -0.4 is 5.56 Å². The molecule has 0 N–H and O–H groups in total. The van der Waals surface area contributed by atoms with Crippen LogP contribution in [0.15, 0.2) is 16.2 Å². The molecule has 1 aliphatic rings. The number of thiazole rings is 1. The van der Waals surface area contributed by atoms with E-state index < -0.39 is 0 Å². The van der Waals surface area contributed by atoms with Gasteiger partial charge in [0.05, 0.1) is 12.2 Å². The predicted octanol–water partition coefficient (Wildman–Crippen LogP) is 0.660. The number of likely N-dealkylation sites (N-methyl/N-ethyl adjacent to an activating group) is 1. The van der Waals surface area contributed by atoms with Crippen LogP contribution >= 0.6 is 11.3 Å². The molecular weight excluding hydrogens is 338 g/mol. The molecule has 7 nitrogen and oxygen atoms in total. The molecule has 0 spiro atoms. The molecule has 0 bridgehead atoms. The lowest BCUT2D eigenvalue weighted by Crippen LogP contribution is -2.38. The topological polar surface area (TPSA) is 61.2 Å². The summed E-state index contributed by atoms with van der Waals surface area (Å²) in [5.41, 5.74) is 1.75. The molecule has 2 aromatic heterocycles. The first-order chi connectivity index (χ1) is 11.9. The van der Waals surface area contributed by atoms with Gasteiger partial charge >= 0.3 is 0 Å². The minimum Gasteiger partial charge on any atom is -0.348 e. The summed E-state index contributed by atoms with van der Waals surface area (Å²) < 4.78 is 1.66. The normalized spacial score (nSPS) is 16.9. The maximum Gasteiger partial charge on any atom is 0.259 e. The minimum absolute atomic E-state index is 0.00761. The number of nitrogens with zero attached hydrogens (tertiary/aromatic N) is 5. The molecule has 25 heavy (non-hydrogen) atoms. The van der Waals surface area contributed by atoms with E-state index in [0.29, 0.717) is 13.1 Å². The number of carbonyl (C=O) groups excluding carboxylic acids is 1. The van der Waals surface area contributed by atoms with E-state index in [4.69, 9.17) is 0 Å². The molecule has 136 valence electrons.